The van der Waals surface area contributed by atoms with Gasteiger partial charge in [0.1, 0.15) is 0 Å². The van der Waals surface area contributed by atoms with Crippen LogP contribution in [0.2, 0.25) is 0 Å². The van der Waals surface area contributed by atoms with Gasteiger partial charge in [-0.05, 0) is 30.7 Å². The molecule has 0 radical (unpaired) electrons. The Morgan fingerprint density at radius 1 is 1.67 bits per heavy atom. The van der Waals surface area contributed by atoms with Gasteiger partial charge < -0.3 is 4.74 Å². The summed E-state index contributed by atoms with van der Waals surface area (Å²) < 4.78 is 4.64. The van der Waals surface area contributed by atoms with Crippen LogP contribution in [0.1, 0.15) is 12.5 Å². The quantitative estimate of drug-likeness (QED) is 0.718. The average molecular weight is 225 g/mol. The summed E-state index contributed by atoms with van der Waals surface area (Å²) in [5.74, 6) is 0.744. The minimum Gasteiger partial charge on any atom is -0.468 e. The molecule has 1 heterocycles. The summed E-state index contributed by atoms with van der Waals surface area (Å²) in [6.45, 7) is 1.86. The van der Waals surface area contributed by atoms with Crippen molar-refractivity contribution in [2.24, 2.45) is 0 Å². The Morgan fingerprint density at radius 3 is 3.07 bits per heavy atom. The zero-order valence-electron chi connectivity index (χ0n) is 8.97. The number of nitrogens with zero attached hydrogens (tertiary/aromatic N) is 1. The number of ether oxygens (including phenoxy) is 1. The van der Waals surface area contributed by atoms with Crippen LogP contribution in [-0.2, 0) is 16.0 Å². The van der Waals surface area contributed by atoms with Crippen LogP contribution in [0, 0.1) is 0 Å². The molecule has 0 saturated heterocycles. The van der Waals surface area contributed by atoms with E-state index in [0.29, 0.717) is 0 Å². The maximum absolute atomic E-state index is 11.1. The van der Waals surface area contributed by atoms with Crippen molar-refractivity contribution in [3.8, 4) is 0 Å². The molecule has 0 N–H and O–H groups in total. The number of carbonyl (C=O) groups is 1. The van der Waals surface area contributed by atoms with Crippen LogP contribution in [-0.4, -0.2) is 29.1 Å². The zero-order valence-corrected chi connectivity index (χ0v) is 9.79. The van der Waals surface area contributed by atoms with E-state index in [4.69, 9.17) is 0 Å². The summed E-state index contributed by atoms with van der Waals surface area (Å²) in [5, 5.41) is -0.0910. The number of carbonyl (C=O) groups excluding carboxylic acids is 1. The van der Waals surface area contributed by atoms with Crippen molar-refractivity contribution >= 4 is 17.7 Å². The van der Waals surface area contributed by atoms with Gasteiger partial charge in [0.15, 0.2) is 0 Å². The van der Waals surface area contributed by atoms with Gasteiger partial charge in [-0.3, -0.25) is 9.78 Å². The molecule has 1 rings (SSSR count). The van der Waals surface area contributed by atoms with E-state index in [1.165, 1.54) is 12.7 Å². The van der Waals surface area contributed by atoms with Crippen LogP contribution in [0.5, 0.6) is 0 Å². The molecule has 1 aromatic heterocycles. The van der Waals surface area contributed by atoms with E-state index in [9.17, 15) is 4.79 Å². The predicted octanol–water partition coefficient (Wildman–Crippen LogP) is 1.92. The van der Waals surface area contributed by atoms with Crippen LogP contribution in [0.3, 0.4) is 0 Å². The summed E-state index contributed by atoms with van der Waals surface area (Å²) >= 11 is 1.60. The predicted molar refractivity (Wildman–Crippen MR) is 61.9 cm³/mol. The van der Waals surface area contributed by atoms with Crippen molar-refractivity contribution in [3.05, 3.63) is 30.1 Å². The van der Waals surface area contributed by atoms with E-state index in [1.807, 2.05) is 25.3 Å². The molecule has 82 valence electrons. The number of rotatable bonds is 5. The summed E-state index contributed by atoms with van der Waals surface area (Å²) in [6, 6.07) is 3.96. The Labute approximate surface area is 94.2 Å². The van der Waals surface area contributed by atoms with Gasteiger partial charge in [0.05, 0.1) is 12.4 Å². The third-order valence-electron chi connectivity index (χ3n) is 2.01. The number of aryl methyl sites for hydroxylation is 1. The maximum Gasteiger partial charge on any atom is 0.318 e. The van der Waals surface area contributed by atoms with Gasteiger partial charge in [0.25, 0.3) is 0 Å². The molecule has 4 heteroatoms. The number of esters is 1. The molecule has 0 aliphatic heterocycles. The number of methoxy groups -OCH3 is 1. The van der Waals surface area contributed by atoms with E-state index in [2.05, 4.69) is 9.72 Å². The highest BCUT2D eigenvalue weighted by molar-refractivity contribution is 8.00. The fraction of sp³-hybridized carbons (Fsp3) is 0.455. The number of hydrogen-bond acceptors (Lipinski definition) is 4. The van der Waals surface area contributed by atoms with Crippen LogP contribution in [0.4, 0.5) is 0 Å². The standard InChI is InChI=1S/C11H15NO2S/c1-9(11(13)14-2)15-7-5-10-4-3-6-12-8-10/h3-4,6,8-9H,5,7H2,1-2H3/t9-/m0/s1. The number of pyridine rings is 1. The molecule has 0 aliphatic rings. The number of hydrogen-bond donors (Lipinski definition) is 0. The van der Waals surface area contributed by atoms with E-state index in [1.54, 1.807) is 18.0 Å². The molecule has 1 aromatic rings. The highest BCUT2D eigenvalue weighted by Gasteiger charge is 2.12. The monoisotopic (exact) mass is 225 g/mol. The molecular weight excluding hydrogens is 210 g/mol. The minimum atomic E-state index is -0.161. The first-order valence-electron chi connectivity index (χ1n) is 4.82. The van der Waals surface area contributed by atoms with Gasteiger partial charge in [-0.25, -0.2) is 0 Å². The van der Waals surface area contributed by atoms with Crippen LogP contribution >= 0.6 is 11.8 Å². The largest absolute Gasteiger partial charge is 0.468 e. The molecule has 0 amide bonds. The first-order chi connectivity index (χ1) is 7.24. The summed E-state index contributed by atoms with van der Waals surface area (Å²) in [4.78, 5) is 15.1. The van der Waals surface area contributed by atoms with Crippen LogP contribution in [0.25, 0.3) is 0 Å². The van der Waals surface area contributed by atoms with Crippen LogP contribution < -0.4 is 0 Å². The fourth-order valence-corrected chi connectivity index (χ4v) is 2.07. The average Bonchev–Trinajstić information content (AvgIpc) is 2.29. The molecule has 0 fully saturated rings. The Bertz CT molecular complexity index is 303. The van der Waals surface area contributed by atoms with E-state index < -0.39 is 0 Å². The molecule has 3 nitrogen and oxygen atoms in total. The van der Waals surface area contributed by atoms with Crippen molar-refractivity contribution in [1.82, 2.24) is 4.98 Å². The topological polar surface area (TPSA) is 39.2 Å². The Kier molecular flexibility index (Phi) is 5.18. The van der Waals surface area contributed by atoms with Crippen molar-refractivity contribution in [2.45, 2.75) is 18.6 Å². The molecule has 0 aliphatic carbocycles. The second-order valence-electron chi connectivity index (χ2n) is 3.15. The van der Waals surface area contributed by atoms with Gasteiger partial charge in [-0.2, -0.15) is 0 Å². The van der Waals surface area contributed by atoms with E-state index in [0.717, 1.165) is 12.2 Å². The lowest BCUT2D eigenvalue weighted by molar-refractivity contribution is -0.139. The minimum absolute atomic E-state index is 0.0910. The molecule has 0 aromatic carbocycles. The third kappa shape index (κ3) is 4.34. The van der Waals surface area contributed by atoms with Gasteiger partial charge in [-0.1, -0.05) is 6.07 Å². The first kappa shape index (κ1) is 12.0. The zero-order chi connectivity index (χ0) is 11.1. The second kappa shape index (κ2) is 6.45. The Balaban J connectivity index is 2.25. The molecule has 1 atom stereocenters. The normalized spacial score (nSPS) is 12.1. The van der Waals surface area contributed by atoms with Gasteiger partial charge in [0.2, 0.25) is 0 Å². The first-order valence-corrected chi connectivity index (χ1v) is 5.87. The molecule has 0 unspecified atom stereocenters. The van der Waals surface area contributed by atoms with Crippen molar-refractivity contribution in [1.29, 1.82) is 0 Å². The molecule has 0 bridgehead atoms. The highest BCUT2D eigenvalue weighted by Crippen LogP contribution is 2.13. The van der Waals surface area contributed by atoms with Gasteiger partial charge in [-0.15, -0.1) is 11.8 Å². The smallest absolute Gasteiger partial charge is 0.318 e. The Morgan fingerprint density at radius 2 is 2.47 bits per heavy atom. The molecular formula is C11H15NO2S. The van der Waals surface area contributed by atoms with E-state index >= 15 is 0 Å². The Hall–Kier alpha value is -1.03. The second-order valence-corrected chi connectivity index (χ2v) is 4.60. The fourth-order valence-electron chi connectivity index (χ4n) is 1.13. The van der Waals surface area contributed by atoms with Crippen molar-refractivity contribution in [3.63, 3.8) is 0 Å². The lowest BCUT2D eigenvalue weighted by Gasteiger charge is -2.08. The number of thioether (sulfide) groups is 1. The van der Waals surface area contributed by atoms with Gasteiger partial charge in [0, 0.05) is 12.4 Å². The van der Waals surface area contributed by atoms with Crippen LogP contribution in [0.15, 0.2) is 24.5 Å². The molecule has 0 saturated carbocycles. The summed E-state index contributed by atoms with van der Waals surface area (Å²) in [5.41, 5.74) is 1.20. The SMILES string of the molecule is COC(=O)[C@H](C)SCCc1cccnc1. The maximum atomic E-state index is 11.1. The van der Waals surface area contributed by atoms with Crippen molar-refractivity contribution < 1.29 is 9.53 Å². The van der Waals surface area contributed by atoms with E-state index in [-0.39, 0.29) is 11.2 Å². The number of aromatic nitrogens is 1. The summed E-state index contributed by atoms with van der Waals surface area (Å²) in [6.07, 6.45) is 4.54. The highest BCUT2D eigenvalue weighted by atomic mass is 32.2. The lowest BCUT2D eigenvalue weighted by atomic mass is 10.2. The lowest BCUT2D eigenvalue weighted by Crippen LogP contribution is -2.15. The molecule has 0 spiro atoms. The van der Waals surface area contributed by atoms with Gasteiger partial charge >= 0.3 is 5.97 Å². The third-order valence-corrected chi connectivity index (χ3v) is 3.15. The molecule has 15 heavy (non-hydrogen) atoms. The summed E-state index contributed by atoms with van der Waals surface area (Å²) in [7, 11) is 1.42. The van der Waals surface area contributed by atoms with Crippen molar-refractivity contribution in [2.75, 3.05) is 12.9 Å².